The van der Waals surface area contributed by atoms with Crippen LogP contribution < -0.4 is 5.32 Å². The molecule has 0 saturated carbocycles. The molecule has 0 aromatic carbocycles. The van der Waals surface area contributed by atoms with E-state index in [0.29, 0.717) is 15.4 Å². The molecule has 0 aliphatic rings. The average Bonchev–Trinajstić information content (AvgIpc) is 2.83. The number of hydrogen-bond donors (Lipinski definition) is 2. The number of carboxylic acids is 1. The first-order valence-corrected chi connectivity index (χ1v) is 8.11. The second-order valence-corrected chi connectivity index (χ2v) is 7.60. The first-order valence-electron chi connectivity index (χ1n) is 7.30. The topological polar surface area (TPSA) is 75.6 Å². The molecular formula is C17H23NO4S. The van der Waals surface area contributed by atoms with Crippen molar-refractivity contribution in [3.8, 4) is 11.8 Å². The summed E-state index contributed by atoms with van der Waals surface area (Å²) >= 11 is 1.19. The molecule has 1 aromatic rings. The third kappa shape index (κ3) is 5.61. The lowest BCUT2D eigenvalue weighted by Gasteiger charge is -2.18. The highest BCUT2D eigenvalue weighted by atomic mass is 32.1. The maximum absolute atomic E-state index is 11.9. The second kappa shape index (κ2) is 7.51. The third-order valence-electron chi connectivity index (χ3n) is 2.91. The van der Waals surface area contributed by atoms with Crippen molar-refractivity contribution in [3.63, 3.8) is 0 Å². The van der Waals surface area contributed by atoms with Crippen LogP contribution in [-0.4, -0.2) is 30.2 Å². The van der Waals surface area contributed by atoms with Gasteiger partial charge >= 0.3 is 11.9 Å². The van der Waals surface area contributed by atoms with Crippen LogP contribution in [0.2, 0.25) is 0 Å². The summed E-state index contributed by atoms with van der Waals surface area (Å²) in [5.74, 6) is 4.52. The van der Waals surface area contributed by atoms with Gasteiger partial charge in [-0.2, -0.15) is 0 Å². The predicted octanol–water partition coefficient (Wildman–Crippen LogP) is 3.45. The number of methoxy groups -OCH3 is 1. The van der Waals surface area contributed by atoms with E-state index in [0.717, 1.165) is 0 Å². The van der Waals surface area contributed by atoms with Crippen LogP contribution in [0.3, 0.4) is 0 Å². The highest BCUT2D eigenvalue weighted by Gasteiger charge is 2.25. The number of nitrogens with one attached hydrogen (secondary N) is 1. The summed E-state index contributed by atoms with van der Waals surface area (Å²) in [5, 5.41) is 12.2. The molecule has 0 radical (unpaired) electrons. The summed E-state index contributed by atoms with van der Waals surface area (Å²) in [7, 11) is 1.30. The Morgan fingerprint density at radius 3 is 2.39 bits per heavy atom. The van der Waals surface area contributed by atoms with Crippen LogP contribution in [0.15, 0.2) is 6.07 Å². The van der Waals surface area contributed by atoms with E-state index in [1.807, 2.05) is 20.8 Å². The van der Waals surface area contributed by atoms with E-state index < -0.39 is 18.0 Å². The van der Waals surface area contributed by atoms with Crippen molar-refractivity contribution in [2.75, 3.05) is 12.4 Å². The monoisotopic (exact) mass is 337 g/mol. The molecule has 0 aliphatic heterocycles. The van der Waals surface area contributed by atoms with Crippen LogP contribution in [0.5, 0.6) is 0 Å². The summed E-state index contributed by atoms with van der Waals surface area (Å²) in [6, 6.07) is 0.907. The zero-order valence-electron chi connectivity index (χ0n) is 14.3. The maximum Gasteiger partial charge on any atom is 0.350 e. The van der Waals surface area contributed by atoms with Crippen molar-refractivity contribution in [3.05, 3.63) is 15.8 Å². The van der Waals surface area contributed by atoms with Crippen molar-refractivity contribution in [1.29, 1.82) is 0 Å². The zero-order valence-corrected chi connectivity index (χ0v) is 15.1. The molecule has 23 heavy (non-hydrogen) atoms. The molecule has 0 saturated heterocycles. The van der Waals surface area contributed by atoms with Crippen molar-refractivity contribution in [1.82, 2.24) is 0 Å². The highest BCUT2D eigenvalue weighted by molar-refractivity contribution is 7.15. The number of carboxylic acid groups (broad SMARTS) is 1. The van der Waals surface area contributed by atoms with Gasteiger partial charge in [0.15, 0.2) is 0 Å². The zero-order chi connectivity index (χ0) is 17.8. The number of thiophene rings is 1. The van der Waals surface area contributed by atoms with Crippen LogP contribution in [0.25, 0.3) is 0 Å². The van der Waals surface area contributed by atoms with Gasteiger partial charge in [0.1, 0.15) is 10.9 Å². The van der Waals surface area contributed by atoms with Crippen LogP contribution in [0.4, 0.5) is 5.69 Å². The summed E-state index contributed by atoms with van der Waals surface area (Å²) in [4.78, 5) is 24.3. The lowest BCUT2D eigenvalue weighted by Crippen LogP contribution is -2.34. The molecule has 0 spiro atoms. The number of carbonyl (C=O) groups is 2. The van der Waals surface area contributed by atoms with E-state index in [9.17, 15) is 14.7 Å². The second-order valence-electron chi connectivity index (χ2n) is 6.55. The van der Waals surface area contributed by atoms with Gasteiger partial charge in [0, 0.05) is 5.41 Å². The highest BCUT2D eigenvalue weighted by Crippen LogP contribution is 2.29. The summed E-state index contributed by atoms with van der Waals surface area (Å²) < 4.78 is 4.77. The Kier molecular flexibility index (Phi) is 6.22. The Morgan fingerprint density at radius 1 is 1.35 bits per heavy atom. The lowest BCUT2D eigenvalue weighted by molar-refractivity contribution is -0.138. The van der Waals surface area contributed by atoms with E-state index in [1.165, 1.54) is 18.4 Å². The molecule has 0 unspecified atom stereocenters. The standard InChI is InChI=1S/C17H23NO4S/c1-10(2)13(15(19)20)18-12-9-11(7-8-17(3,4)5)23-14(12)16(21)22-6/h9-10,13,18H,1-6H3,(H,19,20)/t13-/m0/s1. The molecular weight excluding hydrogens is 314 g/mol. The van der Waals surface area contributed by atoms with E-state index in [1.54, 1.807) is 19.9 Å². The fourth-order valence-corrected chi connectivity index (χ4v) is 2.63. The van der Waals surface area contributed by atoms with Crippen molar-refractivity contribution >= 4 is 29.0 Å². The van der Waals surface area contributed by atoms with E-state index in [4.69, 9.17) is 4.74 Å². The third-order valence-corrected chi connectivity index (χ3v) is 3.94. The number of hydrogen-bond acceptors (Lipinski definition) is 5. The Bertz CT molecular complexity index is 644. The molecule has 0 amide bonds. The Morgan fingerprint density at radius 2 is 1.96 bits per heavy atom. The number of esters is 1. The van der Waals surface area contributed by atoms with Gasteiger partial charge in [-0.25, -0.2) is 9.59 Å². The molecule has 0 aliphatic carbocycles. The van der Waals surface area contributed by atoms with Gasteiger partial charge in [0.2, 0.25) is 0 Å². The number of carbonyl (C=O) groups excluding carboxylic acids is 1. The van der Waals surface area contributed by atoms with Crippen LogP contribution >= 0.6 is 11.3 Å². The quantitative estimate of drug-likeness (QED) is 0.636. The SMILES string of the molecule is COC(=O)c1sc(C#CC(C)(C)C)cc1N[C@H](C(=O)O)C(C)C. The normalized spacial score (nSPS) is 12.3. The van der Waals surface area contributed by atoms with Gasteiger partial charge < -0.3 is 15.2 Å². The number of ether oxygens (including phenoxy) is 1. The van der Waals surface area contributed by atoms with Crippen molar-refractivity contribution in [2.24, 2.45) is 11.3 Å². The first-order chi connectivity index (χ1) is 10.5. The number of anilines is 1. The Hall–Kier alpha value is -2.00. The summed E-state index contributed by atoms with van der Waals surface area (Å²) in [5.41, 5.74) is 0.283. The predicted molar refractivity (Wildman–Crippen MR) is 91.9 cm³/mol. The molecule has 5 nitrogen and oxygen atoms in total. The molecule has 2 N–H and O–H groups in total. The van der Waals surface area contributed by atoms with Gasteiger partial charge in [-0.1, -0.05) is 25.7 Å². The van der Waals surface area contributed by atoms with Crippen molar-refractivity contribution < 1.29 is 19.4 Å². The molecule has 6 heteroatoms. The Balaban J connectivity index is 3.23. The molecule has 1 atom stereocenters. The minimum absolute atomic E-state index is 0.137. The first kappa shape index (κ1) is 19.0. The fourth-order valence-electron chi connectivity index (χ4n) is 1.73. The van der Waals surface area contributed by atoms with Crippen LogP contribution in [0, 0.1) is 23.2 Å². The van der Waals surface area contributed by atoms with Crippen LogP contribution in [0.1, 0.15) is 49.2 Å². The largest absolute Gasteiger partial charge is 0.480 e. The van der Waals surface area contributed by atoms with Gasteiger partial charge in [-0.05, 0) is 32.8 Å². The van der Waals surface area contributed by atoms with E-state index in [-0.39, 0.29) is 11.3 Å². The smallest absolute Gasteiger partial charge is 0.350 e. The molecule has 126 valence electrons. The number of rotatable bonds is 5. The lowest BCUT2D eigenvalue weighted by atomic mass is 9.98. The summed E-state index contributed by atoms with van der Waals surface area (Å²) in [6.45, 7) is 9.58. The van der Waals surface area contributed by atoms with Crippen molar-refractivity contribution in [2.45, 2.75) is 40.7 Å². The van der Waals surface area contributed by atoms with Crippen LogP contribution in [-0.2, 0) is 9.53 Å². The Labute approximate surface area is 141 Å². The molecule has 0 fully saturated rings. The summed E-state index contributed by atoms with van der Waals surface area (Å²) in [6.07, 6.45) is 0. The number of aliphatic carboxylic acids is 1. The minimum atomic E-state index is -0.968. The molecule has 1 heterocycles. The molecule has 1 rings (SSSR count). The minimum Gasteiger partial charge on any atom is -0.480 e. The molecule has 0 bridgehead atoms. The van der Waals surface area contributed by atoms with Gasteiger partial charge in [-0.15, -0.1) is 11.3 Å². The van der Waals surface area contributed by atoms with Gasteiger partial charge in [0.25, 0.3) is 0 Å². The maximum atomic E-state index is 11.9. The fraction of sp³-hybridized carbons (Fsp3) is 0.529. The average molecular weight is 337 g/mol. The molecule has 1 aromatic heterocycles. The van der Waals surface area contributed by atoms with Gasteiger partial charge in [0.05, 0.1) is 17.7 Å². The van der Waals surface area contributed by atoms with Gasteiger partial charge in [-0.3, -0.25) is 0 Å². The van der Waals surface area contributed by atoms with E-state index in [2.05, 4.69) is 17.2 Å². The van der Waals surface area contributed by atoms with E-state index >= 15 is 0 Å².